The zero-order valence-electron chi connectivity index (χ0n) is 17.3. The molecule has 0 aliphatic carbocycles. The molecular weight excluding hydrogens is 424 g/mol. The lowest BCUT2D eigenvalue weighted by atomic mass is 10.1. The van der Waals surface area contributed by atoms with Crippen LogP contribution in [0.15, 0.2) is 36.9 Å². The van der Waals surface area contributed by atoms with E-state index in [1.165, 1.54) is 57.2 Å². The maximum absolute atomic E-state index is 10.8. The fourth-order valence-electron chi connectivity index (χ4n) is 3.23. The van der Waals surface area contributed by atoms with Gasteiger partial charge < -0.3 is 10.2 Å². The summed E-state index contributed by atoms with van der Waals surface area (Å²) in [4.78, 5) is 29.4. The van der Waals surface area contributed by atoms with E-state index in [9.17, 15) is 20.2 Å². The second-order valence-electron chi connectivity index (χ2n) is 7.06. The van der Waals surface area contributed by atoms with Crippen LogP contribution < -0.4 is 10.2 Å². The zero-order chi connectivity index (χ0) is 22.5. The first kappa shape index (κ1) is 24.4. The van der Waals surface area contributed by atoms with E-state index in [1.807, 2.05) is 0 Å². The van der Waals surface area contributed by atoms with Crippen molar-refractivity contribution in [3.05, 3.63) is 62.2 Å². The first-order valence-electron chi connectivity index (χ1n) is 10.3. The number of hydrogen-bond donors (Lipinski definition) is 1. The third kappa shape index (κ3) is 8.42. The molecule has 31 heavy (non-hydrogen) atoms. The number of aromatic nitrogens is 2. The molecule has 4 rings (SSSR count). The molecule has 0 atom stereocenters. The summed E-state index contributed by atoms with van der Waals surface area (Å²) < 4.78 is 0. The molecule has 168 valence electrons. The van der Waals surface area contributed by atoms with Crippen molar-refractivity contribution >= 4 is 28.7 Å². The fraction of sp³-hybridized carbons (Fsp3) is 0.500. The predicted octanol–water partition coefficient (Wildman–Crippen LogP) is 4.38. The lowest BCUT2D eigenvalue weighted by Gasteiger charge is -2.28. The SMILES string of the molecule is C1CCNCC1.O=[N+]([O-])c1cnccc1Cl.O=[N+]([O-])c1cnccc1N1CCCCC1. The van der Waals surface area contributed by atoms with Crippen LogP contribution in [0.5, 0.6) is 0 Å². The highest BCUT2D eigenvalue weighted by molar-refractivity contribution is 6.32. The molecular formula is C20H27ClN6O4. The van der Waals surface area contributed by atoms with Gasteiger partial charge in [0.2, 0.25) is 0 Å². The second-order valence-corrected chi connectivity index (χ2v) is 7.47. The van der Waals surface area contributed by atoms with Gasteiger partial charge in [0, 0.05) is 25.5 Å². The van der Waals surface area contributed by atoms with E-state index in [-0.39, 0.29) is 21.3 Å². The number of halogens is 1. The van der Waals surface area contributed by atoms with Gasteiger partial charge in [0.1, 0.15) is 23.1 Å². The summed E-state index contributed by atoms with van der Waals surface area (Å²) in [7, 11) is 0. The van der Waals surface area contributed by atoms with Crippen molar-refractivity contribution in [1.29, 1.82) is 0 Å². The van der Waals surface area contributed by atoms with Gasteiger partial charge in [0.15, 0.2) is 0 Å². The summed E-state index contributed by atoms with van der Waals surface area (Å²) in [5.74, 6) is 0. The molecule has 2 aromatic heterocycles. The maximum Gasteiger partial charge on any atom is 0.310 e. The summed E-state index contributed by atoms with van der Waals surface area (Å²) in [6.45, 7) is 4.32. The van der Waals surface area contributed by atoms with E-state index in [0.29, 0.717) is 5.69 Å². The molecule has 0 radical (unpaired) electrons. The molecule has 0 amide bonds. The topological polar surface area (TPSA) is 127 Å². The number of hydrogen-bond acceptors (Lipinski definition) is 8. The van der Waals surface area contributed by atoms with E-state index in [2.05, 4.69) is 20.2 Å². The van der Waals surface area contributed by atoms with Crippen LogP contribution in [0.25, 0.3) is 0 Å². The van der Waals surface area contributed by atoms with Crippen molar-refractivity contribution in [2.45, 2.75) is 38.5 Å². The third-order valence-electron chi connectivity index (χ3n) is 4.82. The van der Waals surface area contributed by atoms with E-state index in [4.69, 9.17) is 11.6 Å². The number of piperidine rings is 2. The van der Waals surface area contributed by atoms with Crippen molar-refractivity contribution in [3.63, 3.8) is 0 Å². The summed E-state index contributed by atoms with van der Waals surface area (Å²) in [5, 5.41) is 24.3. The van der Waals surface area contributed by atoms with Crippen LogP contribution in [-0.2, 0) is 0 Å². The quantitative estimate of drug-likeness (QED) is 0.538. The summed E-state index contributed by atoms with van der Waals surface area (Å²) in [5.41, 5.74) is 0.651. The highest BCUT2D eigenvalue weighted by Crippen LogP contribution is 2.28. The van der Waals surface area contributed by atoms with Gasteiger partial charge >= 0.3 is 11.4 Å². The Labute approximate surface area is 185 Å². The van der Waals surface area contributed by atoms with Crippen LogP contribution in [0.2, 0.25) is 5.02 Å². The van der Waals surface area contributed by atoms with Crippen molar-refractivity contribution < 1.29 is 9.85 Å². The van der Waals surface area contributed by atoms with Gasteiger partial charge in [-0.2, -0.15) is 0 Å². The Bertz CT molecular complexity index is 832. The standard InChI is InChI=1S/C10H13N3O2.C5H3ClN2O2.C5H11N/c14-13(15)10-8-11-5-4-9(10)12-6-2-1-3-7-12;6-4-1-2-7-3-5(4)8(9)10;1-2-4-6-5-3-1/h4-5,8H,1-3,6-7H2;1-3H;6H,1-5H2. The molecule has 1 N–H and O–H groups in total. The van der Waals surface area contributed by atoms with Crippen molar-refractivity contribution in [1.82, 2.24) is 15.3 Å². The monoisotopic (exact) mass is 450 g/mol. The summed E-state index contributed by atoms with van der Waals surface area (Å²) >= 11 is 5.44. The smallest absolute Gasteiger partial charge is 0.310 e. The number of rotatable bonds is 3. The largest absolute Gasteiger partial charge is 0.366 e. The number of nitrogens with one attached hydrogen (secondary N) is 1. The molecule has 2 saturated heterocycles. The van der Waals surface area contributed by atoms with Crippen molar-refractivity contribution in [2.75, 3.05) is 31.1 Å². The van der Waals surface area contributed by atoms with Crippen molar-refractivity contribution in [2.24, 2.45) is 0 Å². The molecule has 2 aromatic rings. The van der Waals surface area contributed by atoms with Gasteiger partial charge in [0.05, 0.1) is 9.85 Å². The Hall–Kier alpha value is -2.85. The molecule has 10 nitrogen and oxygen atoms in total. The summed E-state index contributed by atoms with van der Waals surface area (Å²) in [6.07, 6.45) is 13.1. The predicted molar refractivity (Wildman–Crippen MR) is 120 cm³/mol. The minimum absolute atomic E-state index is 0.111. The number of nitro groups is 2. The van der Waals surface area contributed by atoms with Gasteiger partial charge in [-0.05, 0) is 57.3 Å². The van der Waals surface area contributed by atoms with E-state index in [1.54, 1.807) is 12.3 Å². The van der Waals surface area contributed by atoms with Crippen LogP contribution in [0.3, 0.4) is 0 Å². The van der Waals surface area contributed by atoms with Gasteiger partial charge in [0.25, 0.3) is 0 Å². The maximum atomic E-state index is 10.8. The van der Waals surface area contributed by atoms with Crippen LogP contribution >= 0.6 is 11.6 Å². The minimum atomic E-state index is -0.574. The van der Waals surface area contributed by atoms with Crippen LogP contribution in [-0.4, -0.2) is 46.0 Å². The highest BCUT2D eigenvalue weighted by Gasteiger charge is 2.20. The van der Waals surface area contributed by atoms with Crippen LogP contribution in [0, 0.1) is 20.2 Å². The van der Waals surface area contributed by atoms with E-state index in [0.717, 1.165) is 32.1 Å². The van der Waals surface area contributed by atoms with Crippen LogP contribution in [0.1, 0.15) is 38.5 Å². The highest BCUT2D eigenvalue weighted by atomic mass is 35.5. The molecule has 2 aliphatic rings. The molecule has 0 saturated carbocycles. The Morgan fingerprint density at radius 3 is 1.84 bits per heavy atom. The van der Waals surface area contributed by atoms with Gasteiger partial charge in [-0.25, -0.2) is 0 Å². The van der Waals surface area contributed by atoms with E-state index >= 15 is 0 Å². The fourth-order valence-corrected chi connectivity index (χ4v) is 3.40. The first-order valence-corrected chi connectivity index (χ1v) is 10.7. The number of pyridine rings is 2. The summed E-state index contributed by atoms with van der Waals surface area (Å²) in [6, 6.07) is 3.10. The van der Waals surface area contributed by atoms with Gasteiger partial charge in [-0.15, -0.1) is 0 Å². The average Bonchev–Trinajstić information content (AvgIpc) is 2.82. The Morgan fingerprint density at radius 2 is 1.39 bits per heavy atom. The van der Waals surface area contributed by atoms with Gasteiger partial charge in [-0.3, -0.25) is 30.2 Å². The number of anilines is 1. The molecule has 0 bridgehead atoms. The number of nitrogens with zero attached hydrogens (tertiary/aromatic N) is 5. The van der Waals surface area contributed by atoms with Crippen LogP contribution in [0.4, 0.5) is 17.1 Å². The molecule has 4 heterocycles. The minimum Gasteiger partial charge on any atom is -0.366 e. The molecule has 0 aromatic carbocycles. The normalized spacial score (nSPS) is 15.6. The van der Waals surface area contributed by atoms with Crippen molar-refractivity contribution in [3.8, 4) is 0 Å². The molecule has 2 fully saturated rings. The molecule has 0 spiro atoms. The zero-order valence-corrected chi connectivity index (χ0v) is 18.0. The molecule has 0 unspecified atom stereocenters. The average molecular weight is 451 g/mol. The molecule has 2 aliphatic heterocycles. The van der Waals surface area contributed by atoms with E-state index < -0.39 is 4.92 Å². The van der Waals surface area contributed by atoms with Gasteiger partial charge in [-0.1, -0.05) is 18.0 Å². The molecule has 11 heteroatoms. The lowest BCUT2D eigenvalue weighted by molar-refractivity contribution is -0.385. The Morgan fingerprint density at radius 1 is 0.839 bits per heavy atom. The lowest BCUT2D eigenvalue weighted by Crippen LogP contribution is -2.29. The Balaban J connectivity index is 0.000000183. The second kappa shape index (κ2) is 13.5. The first-order chi connectivity index (χ1) is 15.0. The Kier molecular flexibility index (Phi) is 10.6. The third-order valence-corrected chi connectivity index (χ3v) is 5.14.